The Bertz CT molecular complexity index is 356. The van der Waals surface area contributed by atoms with Crippen LogP contribution >= 0.6 is 11.8 Å². The number of nitrogens with two attached hydrogens (primary N) is 1. The van der Waals surface area contributed by atoms with E-state index in [1.54, 1.807) is 0 Å². The molecule has 0 aromatic rings. The highest BCUT2D eigenvalue weighted by Crippen LogP contribution is 2.33. The number of oxime groups is 1. The van der Waals surface area contributed by atoms with Gasteiger partial charge in [-0.1, -0.05) is 25.9 Å². The third-order valence-corrected chi connectivity index (χ3v) is 5.70. The van der Waals surface area contributed by atoms with Crippen LogP contribution in [0.25, 0.3) is 0 Å². The van der Waals surface area contributed by atoms with Crippen LogP contribution in [0, 0.1) is 5.41 Å². The Hall–Kier alpha value is -0.910. The molecule has 0 aliphatic carbocycles. The fraction of sp³-hybridized carbons (Fsp3) is 0.846. The fourth-order valence-electron chi connectivity index (χ4n) is 2.61. The zero-order valence-corrected chi connectivity index (χ0v) is 13.0. The lowest BCUT2D eigenvalue weighted by atomic mass is 9.79. The molecule has 3 N–H and O–H groups in total. The summed E-state index contributed by atoms with van der Waals surface area (Å²) in [7, 11) is 0. The normalized spacial score (nSPS) is 25.5. The average molecular weight is 287 g/mol. The first kappa shape index (κ1) is 16.1. The molecule has 5 nitrogen and oxygen atoms in total. The monoisotopic (exact) mass is 287 g/mol. The number of thioether (sulfide) groups is 1. The molecule has 1 aliphatic heterocycles. The van der Waals surface area contributed by atoms with Crippen molar-refractivity contribution in [2.24, 2.45) is 16.3 Å². The van der Waals surface area contributed by atoms with Crippen LogP contribution in [0.5, 0.6) is 0 Å². The van der Waals surface area contributed by atoms with Crippen LogP contribution in [0.4, 0.5) is 0 Å². The van der Waals surface area contributed by atoms with Crippen molar-refractivity contribution in [3.8, 4) is 0 Å². The summed E-state index contributed by atoms with van der Waals surface area (Å²) in [6.07, 6.45) is 1.09. The predicted molar refractivity (Wildman–Crippen MR) is 79.5 cm³/mol. The zero-order chi connectivity index (χ0) is 14.6. The Morgan fingerprint density at radius 2 is 2.05 bits per heavy atom. The van der Waals surface area contributed by atoms with E-state index in [1.807, 2.05) is 30.5 Å². The summed E-state index contributed by atoms with van der Waals surface area (Å²) in [5, 5.41) is 12.5. The molecule has 2 atom stereocenters. The van der Waals surface area contributed by atoms with Gasteiger partial charge in [-0.3, -0.25) is 4.79 Å². The first-order chi connectivity index (χ1) is 8.94. The van der Waals surface area contributed by atoms with E-state index in [-0.39, 0.29) is 17.8 Å². The third-order valence-electron chi connectivity index (χ3n) is 4.36. The van der Waals surface area contributed by atoms with E-state index < -0.39 is 5.41 Å². The first-order valence-electron chi connectivity index (χ1n) is 6.85. The summed E-state index contributed by atoms with van der Waals surface area (Å²) in [5.41, 5.74) is 4.94. The second-order valence-corrected chi connectivity index (χ2v) is 6.57. The number of hydrogen-bond donors (Lipinski definition) is 2. The Kier molecular flexibility index (Phi) is 5.52. The van der Waals surface area contributed by atoms with Crippen molar-refractivity contribution in [1.82, 2.24) is 4.90 Å². The van der Waals surface area contributed by atoms with E-state index in [1.165, 1.54) is 0 Å². The van der Waals surface area contributed by atoms with E-state index in [9.17, 15) is 4.79 Å². The Balaban J connectivity index is 3.06. The lowest BCUT2D eigenvalue weighted by Gasteiger charge is -2.42. The van der Waals surface area contributed by atoms with Gasteiger partial charge >= 0.3 is 0 Å². The van der Waals surface area contributed by atoms with Crippen LogP contribution in [0.3, 0.4) is 0 Å². The third kappa shape index (κ3) is 2.83. The molecule has 0 bridgehead atoms. The minimum Gasteiger partial charge on any atom is -0.409 e. The molecule has 6 heteroatoms. The molecule has 1 aliphatic rings. The number of amidine groups is 1. The van der Waals surface area contributed by atoms with Gasteiger partial charge < -0.3 is 15.8 Å². The van der Waals surface area contributed by atoms with Crippen LogP contribution < -0.4 is 5.73 Å². The molecule has 19 heavy (non-hydrogen) atoms. The summed E-state index contributed by atoms with van der Waals surface area (Å²) in [4.78, 5) is 14.8. The van der Waals surface area contributed by atoms with Gasteiger partial charge in [-0.2, -0.15) is 11.8 Å². The van der Waals surface area contributed by atoms with E-state index in [2.05, 4.69) is 19.0 Å². The Labute approximate surface area is 119 Å². The molecule has 0 radical (unpaired) electrons. The van der Waals surface area contributed by atoms with Crippen molar-refractivity contribution in [3.63, 3.8) is 0 Å². The topological polar surface area (TPSA) is 78.9 Å². The smallest absolute Gasteiger partial charge is 0.236 e. The molecule has 0 aromatic heterocycles. The van der Waals surface area contributed by atoms with Crippen molar-refractivity contribution < 1.29 is 10.0 Å². The van der Waals surface area contributed by atoms with Crippen molar-refractivity contribution in [2.45, 2.75) is 51.8 Å². The highest BCUT2D eigenvalue weighted by atomic mass is 32.2. The van der Waals surface area contributed by atoms with Gasteiger partial charge in [0.2, 0.25) is 5.91 Å². The van der Waals surface area contributed by atoms with E-state index in [4.69, 9.17) is 10.9 Å². The quantitative estimate of drug-likeness (QED) is 0.358. The minimum atomic E-state index is -0.870. The van der Waals surface area contributed by atoms with Gasteiger partial charge in [0.25, 0.3) is 0 Å². The largest absolute Gasteiger partial charge is 0.409 e. The van der Waals surface area contributed by atoms with Gasteiger partial charge in [0, 0.05) is 23.6 Å². The first-order valence-corrected chi connectivity index (χ1v) is 7.90. The van der Waals surface area contributed by atoms with Gasteiger partial charge in [-0.05, 0) is 19.8 Å². The van der Waals surface area contributed by atoms with E-state index in [0.29, 0.717) is 18.1 Å². The molecule has 0 saturated carbocycles. The molecule has 110 valence electrons. The maximum absolute atomic E-state index is 12.9. The standard InChI is InChI=1S/C13H25N3O2S/c1-5-13(6-2,11(14)15-18)12(17)16-7-8-19-10(4)9(16)3/h9-10,18H,5-8H2,1-4H3,(H2,14,15). The molecule has 1 amide bonds. The highest BCUT2D eigenvalue weighted by molar-refractivity contribution is 8.00. The van der Waals surface area contributed by atoms with Crippen molar-refractivity contribution in [3.05, 3.63) is 0 Å². The summed E-state index contributed by atoms with van der Waals surface area (Å²) < 4.78 is 0. The number of nitrogens with zero attached hydrogens (tertiary/aromatic N) is 2. The van der Waals surface area contributed by atoms with E-state index in [0.717, 1.165) is 12.3 Å². The molecule has 0 spiro atoms. The zero-order valence-electron chi connectivity index (χ0n) is 12.2. The molecule has 1 heterocycles. The SMILES string of the molecule is CCC(CC)(C(=O)N1CCSC(C)C1C)C(N)=NO. The number of rotatable bonds is 4. The van der Waals surface area contributed by atoms with Gasteiger partial charge in [0.1, 0.15) is 5.41 Å². The number of amides is 1. The maximum atomic E-state index is 12.9. The maximum Gasteiger partial charge on any atom is 0.236 e. The number of carbonyl (C=O) groups excluding carboxylic acids is 1. The van der Waals surface area contributed by atoms with Crippen LogP contribution in [-0.2, 0) is 4.79 Å². The average Bonchev–Trinajstić information content (AvgIpc) is 2.43. The van der Waals surface area contributed by atoms with Crippen molar-refractivity contribution in [2.75, 3.05) is 12.3 Å². The summed E-state index contributed by atoms with van der Waals surface area (Å²) in [6.45, 7) is 8.75. The predicted octanol–water partition coefficient (Wildman–Crippen LogP) is 1.89. The van der Waals surface area contributed by atoms with Crippen LogP contribution in [0.2, 0.25) is 0 Å². The fourth-order valence-corrected chi connectivity index (χ4v) is 3.71. The van der Waals surface area contributed by atoms with Gasteiger partial charge in [-0.15, -0.1) is 0 Å². The highest BCUT2D eigenvalue weighted by Gasteiger charge is 2.45. The number of hydrogen-bond acceptors (Lipinski definition) is 4. The molecule has 1 saturated heterocycles. The summed E-state index contributed by atoms with van der Waals surface area (Å²) in [5.74, 6) is 0.963. The minimum absolute atomic E-state index is 0.00699. The second kappa shape index (κ2) is 6.50. The summed E-state index contributed by atoms with van der Waals surface area (Å²) in [6, 6.07) is 0.176. The molecular weight excluding hydrogens is 262 g/mol. The van der Waals surface area contributed by atoms with Crippen LogP contribution in [-0.4, -0.2) is 45.4 Å². The number of carbonyl (C=O) groups is 1. The Morgan fingerprint density at radius 1 is 1.47 bits per heavy atom. The molecule has 1 rings (SSSR count). The van der Waals surface area contributed by atoms with Crippen molar-refractivity contribution in [1.29, 1.82) is 0 Å². The van der Waals surface area contributed by atoms with Crippen LogP contribution in [0.15, 0.2) is 5.16 Å². The summed E-state index contributed by atoms with van der Waals surface area (Å²) >= 11 is 1.88. The van der Waals surface area contributed by atoms with Gasteiger partial charge in [0.15, 0.2) is 5.84 Å². The van der Waals surface area contributed by atoms with Crippen molar-refractivity contribution >= 4 is 23.5 Å². The lowest BCUT2D eigenvalue weighted by Crippen LogP contribution is -2.57. The van der Waals surface area contributed by atoms with Gasteiger partial charge in [-0.25, -0.2) is 0 Å². The Morgan fingerprint density at radius 3 is 2.53 bits per heavy atom. The molecule has 0 aromatic carbocycles. The van der Waals surface area contributed by atoms with E-state index >= 15 is 0 Å². The molecular formula is C13H25N3O2S. The van der Waals surface area contributed by atoms with Gasteiger partial charge in [0.05, 0.1) is 0 Å². The lowest BCUT2D eigenvalue weighted by molar-refractivity contribution is -0.140. The molecule has 1 fully saturated rings. The molecule has 2 unspecified atom stereocenters. The second-order valence-electron chi connectivity index (χ2n) is 5.09. The van der Waals surface area contributed by atoms with Crippen LogP contribution in [0.1, 0.15) is 40.5 Å².